The summed E-state index contributed by atoms with van der Waals surface area (Å²) in [6.45, 7) is 1.86. The number of rotatable bonds is 3. The van der Waals surface area contributed by atoms with Crippen molar-refractivity contribution >= 4 is 32.8 Å². The lowest BCUT2D eigenvalue weighted by Gasteiger charge is -2.23. The molecule has 1 aliphatic heterocycles. The molecule has 0 aliphatic carbocycles. The Labute approximate surface area is 164 Å². The molecular formula is C20H15F2NO3S2. The highest BCUT2D eigenvalue weighted by atomic mass is 32.2. The largest absolute Gasteiger partial charge is 0.324 e. The first-order valence-corrected chi connectivity index (χ1v) is 10.8. The molecule has 3 aromatic rings. The van der Waals surface area contributed by atoms with Gasteiger partial charge >= 0.3 is 0 Å². The van der Waals surface area contributed by atoms with E-state index in [9.17, 15) is 22.0 Å². The van der Waals surface area contributed by atoms with Gasteiger partial charge in [0.05, 0.1) is 10.6 Å². The van der Waals surface area contributed by atoms with Crippen LogP contribution in [-0.4, -0.2) is 14.3 Å². The van der Waals surface area contributed by atoms with Crippen LogP contribution in [0.2, 0.25) is 0 Å². The third kappa shape index (κ3) is 3.12. The van der Waals surface area contributed by atoms with Gasteiger partial charge in [0, 0.05) is 22.6 Å². The van der Waals surface area contributed by atoms with Crippen LogP contribution in [0.25, 0.3) is 0 Å². The van der Waals surface area contributed by atoms with E-state index < -0.39 is 27.4 Å². The lowest BCUT2D eigenvalue weighted by Crippen LogP contribution is -2.23. The summed E-state index contributed by atoms with van der Waals surface area (Å²) in [5, 5.41) is 4.13. The lowest BCUT2D eigenvalue weighted by atomic mass is 9.90. The second-order valence-electron chi connectivity index (χ2n) is 6.63. The number of carbonyl (C=O) groups excluding carboxylic acids is 1. The maximum absolute atomic E-state index is 13.7. The van der Waals surface area contributed by atoms with Gasteiger partial charge in [-0.25, -0.2) is 17.2 Å². The van der Waals surface area contributed by atoms with E-state index in [1.54, 1.807) is 12.1 Å². The fourth-order valence-corrected chi connectivity index (χ4v) is 6.15. The highest BCUT2D eigenvalue weighted by Gasteiger charge is 2.34. The smallest absolute Gasteiger partial charge is 0.225 e. The lowest BCUT2D eigenvalue weighted by molar-refractivity contribution is -0.116. The summed E-state index contributed by atoms with van der Waals surface area (Å²) in [5.41, 5.74) is 1.57. The third-order valence-corrected chi connectivity index (χ3v) is 7.76. The molecule has 0 spiro atoms. The first-order valence-electron chi connectivity index (χ1n) is 8.45. The van der Waals surface area contributed by atoms with Crippen molar-refractivity contribution in [3.05, 3.63) is 75.5 Å². The van der Waals surface area contributed by atoms with Gasteiger partial charge in [-0.05, 0) is 36.8 Å². The number of anilines is 1. The molecule has 0 unspecified atom stereocenters. The second kappa shape index (κ2) is 6.79. The predicted octanol–water partition coefficient (Wildman–Crippen LogP) is 4.64. The topological polar surface area (TPSA) is 63.2 Å². The van der Waals surface area contributed by atoms with Gasteiger partial charge in [0.2, 0.25) is 15.7 Å². The molecule has 8 heteroatoms. The molecule has 0 fully saturated rings. The molecule has 4 nitrogen and oxygen atoms in total. The first kappa shape index (κ1) is 18.8. The number of hydrogen-bond donors (Lipinski definition) is 1. The Morgan fingerprint density at radius 1 is 1.07 bits per heavy atom. The van der Waals surface area contributed by atoms with Gasteiger partial charge in [0.15, 0.2) is 11.6 Å². The van der Waals surface area contributed by atoms with Gasteiger partial charge in [0.1, 0.15) is 4.90 Å². The SMILES string of the molecule is Cc1ccc(S(=O)(=O)c2csc3c2NC(=O)C[C@@H]3c2ccc(F)c(F)c2)cc1. The molecule has 2 heterocycles. The van der Waals surface area contributed by atoms with Gasteiger partial charge in [0.25, 0.3) is 0 Å². The highest BCUT2D eigenvalue weighted by Crippen LogP contribution is 2.46. The van der Waals surface area contributed by atoms with Gasteiger partial charge in [-0.15, -0.1) is 11.3 Å². The molecule has 1 amide bonds. The van der Waals surface area contributed by atoms with E-state index in [2.05, 4.69) is 5.32 Å². The highest BCUT2D eigenvalue weighted by molar-refractivity contribution is 7.91. The van der Waals surface area contributed by atoms with Crippen molar-refractivity contribution in [1.82, 2.24) is 0 Å². The Morgan fingerprint density at radius 3 is 2.46 bits per heavy atom. The van der Waals surface area contributed by atoms with Crippen LogP contribution >= 0.6 is 11.3 Å². The third-order valence-electron chi connectivity index (χ3n) is 4.72. The summed E-state index contributed by atoms with van der Waals surface area (Å²) in [6.07, 6.45) is 0.0304. The minimum atomic E-state index is -3.84. The maximum atomic E-state index is 13.7. The molecule has 1 aliphatic rings. The summed E-state index contributed by atoms with van der Waals surface area (Å²) in [5.74, 6) is -2.89. The molecule has 4 rings (SSSR count). The van der Waals surface area contributed by atoms with Crippen LogP contribution in [-0.2, 0) is 14.6 Å². The quantitative estimate of drug-likeness (QED) is 0.673. The van der Waals surface area contributed by atoms with Gasteiger partial charge in [-0.3, -0.25) is 4.79 Å². The van der Waals surface area contributed by atoms with E-state index in [-0.39, 0.29) is 27.8 Å². The predicted molar refractivity (Wildman–Crippen MR) is 102 cm³/mol. The van der Waals surface area contributed by atoms with E-state index in [0.29, 0.717) is 10.4 Å². The number of thiophene rings is 1. The average molecular weight is 419 g/mol. The average Bonchev–Trinajstić information content (AvgIpc) is 3.08. The van der Waals surface area contributed by atoms with Crippen molar-refractivity contribution in [2.24, 2.45) is 0 Å². The molecular weight excluding hydrogens is 404 g/mol. The van der Waals surface area contributed by atoms with Crippen LogP contribution in [0.5, 0.6) is 0 Å². The molecule has 144 valence electrons. The monoisotopic (exact) mass is 419 g/mol. The minimum Gasteiger partial charge on any atom is -0.324 e. The number of fused-ring (bicyclic) bond motifs is 1. The molecule has 0 saturated carbocycles. The summed E-state index contributed by atoms with van der Waals surface area (Å²) in [7, 11) is -3.84. The van der Waals surface area contributed by atoms with Crippen molar-refractivity contribution in [2.45, 2.75) is 29.1 Å². The van der Waals surface area contributed by atoms with E-state index in [1.807, 2.05) is 6.92 Å². The molecule has 2 aromatic carbocycles. The Bertz CT molecular complexity index is 1180. The van der Waals surface area contributed by atoms with Gasteiger partial charge in [-0.1, -0.05) is 23.8 Å². The second-order valence-corrected chi connectivity index (χ2v) is 9.46. The number of aryl methyl sites for hydroxylation is 1. The first-order chi connectivity index (χ1) is 13.3. The van der Waals surface area contributed by atoms with Crippen LogP contribution < -0.4 is 5.32 Å². The summed E-state index contributed by atoms with van der Waals surface area (Å²) >= 11 is 1.18. The number of carbonyl (C=O) groups is 1. The van der Waals surface area contributed by atoms with Gasteiger partial charge < -0.3 is 5.32 Å². The van der Waals surface area contributed by atoms with Crippen LogP contribution in [0.3, 0.4) is 0 Å². The van der Waals surface area contributed by atoms with Crippen molar-refractivity contribution in [1.29, 1.82) is 0 Å². The zero-order valence-corrected chi connectivity index (χ0v) is 16.3. The zero-order chi connectivity index (χ0) is 20.1. The molecule has 1 aromatic heterocycles. The Morgan fingerprint density at radius 2 is 1.79 bits per heavy atom. The van der Waals surface area contributed by atoms with Crippen LogP contribution in [0.4, 0.5) is 14.5 Å². The van der Waals surface area contributed by atoms with Crippen LogP contribution in [0, 0.1) is 18.6 Å². The van der Waals surface area contributed by atoms with E-state index in [1.165, 1.54) is 34.9 Å². The number of nitrogens with one attached hydrogen (secondary N) is 1. The fraction of sp³-hybridized carbons (Fsp3) is 0.150. The Hall–Kier alpha value is -2.58. The number of sulfone groups is 1. The molecule has 0 radical (unpaired) electrons. The van der Waals surface area contributed by atoms with Gasteiger partial charge in [-0.2, -0.15) is 0 Å². The number of hydrogen-bond acceptors (Lipinski definition) is 4. The normalized spacial score (nSPS) is 16.5. The van der Waals surface area contributed by atoms with Crippen molar-refractivity contribution < 1.29 is 22.0 Å². The molecule has 0 saturated heterocycles. The number of halogens is 2. The molecule has 1 atom stereocenters. The van der Waals surface area contributed by atoms with Crippen molar-refractivity contribution in [3.63, 3.8) is 0 Å². The summed E-state index contributed by atoms with van der Waals surface area (Å²) in [4.78, 5) is 13.0. The van der Waals surface area contributed by atoms with Crippen LogP contribution in [0.15, 0.2) is 57.6 Å². The maximum Gasteiger partial charge on any atom is 0.225 e. The number of amides is 1. The number of benzene rings is 2. The van der Waals surface area contributed by atoms with E-state index >= 15 is 0 Å². The summed E-state index contributed by atoms with van der Waals surface area (Å²) < 4.78 is 53.1. The molecule has 1 N–H and O–H groups in total. The minimum absolute atomic E-state index is 0.0111. The zero-order valence-electron chi connectivity index (χ0n) is 14.7. The van der Waals surface area contributed by atoms with Crippen molar-refractivity contribution in [3.8, 4) is 0 Å². The Kier molecular flexibility index (Phi) is 4.55. The fourth-order valence-electron chi connectivity index (χ4n) is 3.24. The van der Waals surface area contributed by atoms with E-state index in [0.717, 1.165) is 17.7 Å². The molecule has 0 bridgehead atoms. The van der Waals surface area contributed by atoms with E-state index in [4.69, 9.17) is 0 Å². The Balaban J connectivity index is 1.82. The molecule has 28 heavy (non-hydrogen) atoms. The van der Waals surface area contributed by atoms with Crippen molar-refractivity contribution in [2.75, 3.05) is 5.32 Å². The standard InChI is InChI=1S/C20H15F2NO3S2/c1-11-2-5-13(6-3-11)28(25,26)17-10-27-20-14(9-18(24)23-19(17)20)12-4-7-15(21)16(22)8-12/h2-8,10,14H,9H2,1H3,(H,23,24)/t14-/m1/s1. The van der Waals surface area contributed by atoms with Crippen LogP contribution in [0.1, 0.15) is 28.3 Å². The summed E-state index contributed by atoms with van der Waals surface area (Å²) in [6, 6.07) is 9.92.